The molecule has 0 aromatic rings. The van der Waals surface area contributed by atoms with E-state index in [4.69, 9.17) is 9.47 Å². The Kier molecular flexibility index (Phi) is 6.26. The summed E-state index contributed by atoms with van der Waals surface area (Å²) in [6.45, 7) is 4.65. The Morgan fingerprint density at radius 2 is 2.06 bits per heavy atom. The number of ether oxygens (including phenoxy) is 2. The van der Waals surface area contributed by atoms with Crippen LogP contribution >= 0.6 is 0 Å². The van der Waals surface area contributed by atoms with Gasteiger partial charge in [0, 0.05) is 26.4 Å². The predicted molar refractivity (Wildman–Crippen MR) is 61.8 cm³/mol. The van der Waals surface area contributed by atoms with Gasteiger partial charge in [-0.05, 0) is 25.7 Å². The molecule has 0 amide bonds. The molecule has 0 aromatic heterocycles. The van der Waals surface area contributed by atoms with Crippen LogP contribution < -0.4 is 4.72 Å². The number of sulfonamides is 1. The third-order valence-corrected chi connectivity index (χ3v) is 4.12. The summed E-state index contributed by atoms with van der Waals surface area (Å²) in [6.07, 6.45) is 1.68. The lowest BCUT2D eigenvalue weighted by Gasteiger charge is -2.21. The van der Waals surface area contributed by atoms with Crippen molar-refractivity contribution in [3.05, 3.63) is 0 Å². The molecule has 6 heteroatoms. The first kappa shape index (κ1) is 13.9. The molecule has 0 radical (unpaired) electrons. The minimum absolute atomic E-state index is 0.211. The van der Waals surface area contributed by atoms with E-state index in [9.17, 15) is 8.42 Å². The van der Waals surface area contributed by atoms with Crippen LogP contribution in [-0.2, 0) is 19.5 Å². The van der Waals surface area contributed by atoms with Crippen LogP contribution in [0, 0.1) is 5.92 Å². The van der Waals surface area contributed by atoms with Crippen LogP contribution in [0.1, 0.15) is 19.8 Å². The average Bonchev–Trinajstić information content (AvgIpc) is 2.25. The minimum Gasteiger partial charge on any atom is -0.381 e. The van der Waals surface area contributed by atoms with E-state index in [1.165, 1.54) is 0 Å². The van der Waals surface area contributed by atoms with Crippen molar-refractivity contribution >= 4 is 10.0 Å². The average molecular weight is 251 g/mol. The molecule has 1 N–H and O–H groups in total. The van der Waals surface area contributed by atoms with Crippen LogP contribution in [0.3, 0.4) is 0 Å². The summed E-state index contributed by atoms with van der Waals surface area (Å²) < 4.78 is 36.1. The molecule has 0 aromatic carbocycles. The molecule has 0 saturated carbocycles. The van der Waals surface area contributed by atoms with Crippen LogP contribution in [0.5, 0.6) is 0 Å². The largest absolute Gasteiger partial charge is 0.381 e. The van der Waals surface area contributed by atoms with Gasteiger partial charge in [-0.3, -0.25) is 0 Å². The second-order valence-electron chi connectivity index (χ2n) is 3.93. The second-order valence-corrected chi connectivity index (χ2v) is 5.78. The molecule has 0 atom stereocenters. The summed E-state index contributed by atoms with van der Waals surface area (Å²) in [6, 6.07) is 0. The van der Waals surface area contributed by atoms with Crippen molar-refractivity contribution in [3.8, 4) is 0 Å². The van der Waals surface area contributed by atoms with Gasteiger partial charge >= 0.3 is 0 Å². The third-order valence-electron chi connectivity index (χ3n) is 2.57. The van der Waals surface area contributed by atoms with E-state index in [2.05, 4.69) is 4.72 Å². The molecule has 1 saturated heterocycles. The van der Waals surface area contributed by atoms with Crippen LogP contribution in [0.4, 0.5) is 0 Å². The highest BCUT2D eigenvalue weighted by Crippen LogP contribution is 2.16. The zero-order valence-corrected chi connectivity index (χ0v) is 10.6. The fourth-order valence-electron chi connectivity index (χ4n) is 1.70. The number of hydrogen-bond acceptors (Lipinski definition) is 4. The molecule has 0 spiro atoms. The van der Waals surface area contributed by atoms with Crippen molar-refractivity contribution in [2.45, 2.75) is 19.8 Å². The predicted octanol–water partition coefficient (Wildman–Crippen LogP) is 0.369. The Labute approximate surface area is 97.6 Å². The lowest BCUT2D eigenvalue weighted by Crippen LogP contribution is -2.34. The Morgan fingerprint density at radius 3 is 2.69 bits per heavy atom. The third kappa shape index (κ3) is 5.79. The Bertz CT molecular complexity index is 273. The van der Waals surface area contributed by atoms with E-state index in [1.54, 1.807) is 0 Å². The summed E-state index contributed by atoms with van der Waals surface area (Å²) in [5.74, 6) is 0.445. The fourth-order valence-corrected chi connectivity index (χ4v) is 3.16. The van der Waals surface area contributed by atoms with Gasteiger partial charge in [0.2, 0.25) is 10.0 Å². The zero-order chi connectivity index (χ0) is 11.9. The number of nitrogens with one attached hydrogen (secondary N) is 1. The molecule has 1 fully saturated rings. The Morgan fingerprint density at radius 1 is 1.38 bits per heavy atom. The molecular weight excluding hydrogens is 230 g/mol. The van der Waals surface area contributed by atoms with Crippen molar-refractivity contribution in [3.63, 3.8) is 0 Å². The second kappa shape index (κ2) is 7.21. The summed E-state index contributed by atoms with van der Waals surface area (Å²) in [7, 11) is -3.15. The molecule has 96 valence electrons. The van der Waals surface area contributed by atoms with E-state index in [0.717, 1.165) is 12.8 Å². The molecule has 0 aliphatic carbocycles. The van der Waals surface area contributed by atoms with Gasteiger partial charge in [-0.25, -0.2) is 13.1 Å². The Hall–Kier alpha value is -0.170. The highest BCUT2D eigenvalue weighted by Gasteiger charge is 2.21. The van der Waals surface area contributed by atoms with Gasteiger partial charge in [0.05, 0.1) is 12.4 Å². The van der Waals surface area contributed by atoms with Gasteiger partial charge in [0.1, 0.15) is 0 Å². The van der Waals surface area contributed by atoms with Crippen LogP contribution in [0.25, 0.3) is 0 Å². The van der Waals surface area contributed by atoms with Crippen LogP contribution in [-0.4, -0.2) is 47.1 Å². The van der Waals surface area contributed by atoms with Crippen molar-refractivity contribution < 1.29 is 17.9 Å². The van der Waals surface area contributed by atoms with Crippen LogP contribution in [0.2, 0.25) is 0 Å². The lowest BCUT2D eigenvalue weighted by atomic mass is 10.0. The van der Waals surface area contributed by atoms with E-state index >= 15 is 0 Å². The normalized spacial score (nSPS) is 18.8. The maximum absolute atomic E-state index is 11.7. The van der Waals surface area contributed by atoms with Gasteiger partial charge < -0.3 is 9.47 Å². The molecule has 1 aliphatic heterocycles. The highest BCUT2D eigenvalue weighted by molar-refractivity contribution is 7.89. The number of hydrogen-bond donors (Lipinski definition) is 1. The molecule has 1 aliphatic rings. The van der Waals surface area contributed by atoms with Crippen LogP contribution in [0.15, 0.2) is 0 Å². The quantitative estimate of drug-likeness (QED) is 0.664. The number of rotatable bonds is 7. The first-order valence-electron chi connectivity index (χ1n) is 5.77. The molecule has 0 unspecified atom stereocenters. The summed E-state index contributed by atoms with van der Waals surface area (Å²) in [5, 5.41) is 0. The van der Waals surface area contributed by atoms with Gasteiger partial charge in [0.25, 0.3) is 0 Å². The lowest BCUT2D eigenvalue weighted by molar-refractivity contribution is 0.0722. The van der Waals surface area contributed by atoms with E-state index in [0.29, 0.717) is 33.0 Å². The summed E-state index contributed by atoms with van der Waals surface area (Å²) >= 11 is 0. The van der Waals surface area contributed by atoms with Gasteiger partial charge in [0.15, 0.2) is 0 Å². The maximum Gasteiger partial charge on any atom is 0.211 e. The van der Waals surface area contributed by atoms with Gasteiger partial charge in [-0.15, -0.1) is 0 Å². The smallest absolute Gasteiger partial charge is 0.211 e. The van der Waals surface area contributed by atoms with E-state index in [1.807, 2.05) is 6.92 Å². The van der Waals surface area contributed by atoms with Crippen molar-refractivity contribution in [2.24, 2.45) is 5.92 Å². The van der Waals surface area contributed by atoms with Crippen molar-refractivity contribution in [1.29, 1.82) is 0 Å². The van der Waals surface area contributed by atoms with Gasteiger partial charge in [-0.1, -0.05) is 0 Å². The van der Waals surface area contributed by atoms with E-state index in [-0.39, 0.29) is 11.7 Å². The van der Waals surface area contributed by atoms with Crippen molar-refractivity contribution in [1.82, 2.24) is 4.72 Å². The van der Waals surface area contributed by atoms with Crippen molar-refractivity contribution in [2.75, 3.05) is 38.7 Å². The highest BCUT2D eigenvalue weighted by atomic mass is 32.2. The fraction of sp³-hybridized carbons (Fsp3) is 1.00. The molecule has 16 heavy (non-hydrogen) atoms. The minimum atomic E-state index is -3.15. The topological polar surface area (TPSA) is 64.6 Å². The maximum atomic E-state index is 11.7. The molecule has 1 heterocycles. The SMILES string of the molecule is CCOCCNS(=O)(=O)CC1CCOCC1. The first-order valence-corrected chi connectivity index (χ1v) is 7.42. The van der Waals surface area contributed by atoms with Gasteiger partial charge in [-0.2, -0.15) is 0 Å². The monoisotopic (exact) mass is 251 g/mol. The van der Waals surface area contributed by atoms with E-state index < -0.39 is 10.0 Å². The summed E-state index contributed by atoms with van der Waals surface area (Å²) in [4.78, 5) is 0. The standard InChI is InChI=1S/C10H21NO4S/c1-2-14-8-5-11-16(12,13)9-10-3-6-15-7-4-10/h10-11H,2-9H2,1H3. The molecular formula is C10H21NO4S. The molecule has 5 nitrogen and oxygen atoms in total. The zero-order valence-electron chi connectivity index (χ0n) is 9.78. The Balaban J connectivity index is 2.22. The molecule has 0 bridgehead atoms. The first-order chi connectivity index (χ1) is 7.64. The summed E-state index contributed by atoms with van der Waals surface area (Å²) in [5.41, 5.74) is 0. The molecule has 1 rings (SSSR count).